The van der Waals surface area contributed by atoms with E-state index < -0.39 is 18.1 Å². The van der Waals surface area contributed by atoms with Crippen molar-refractivity contribution in [2.24, 2.45) is 0 Å². The van der Waals surface area contributed by atoms with Gasteiger partial charge in [0.1, 0.15) is 6.26 Å². The van der Waals surface area contributed by atoms with E-state index >= 15 is 0 Å². The largest absolute Gasteiger partial charge is 0.573 e. The van der Waals surface area contributed by atoms with Crippen LogP contribution in [-0.4, -0.2) is 23.9 Å². The summed E-state index contributed by atoms with van der Waals surface area (Å²) in [5, 5.41) is 4.89. The van der Waals surface area contributed by atoms with Crippen molar-refractivity contribution in [1.82, 2.24) is 10.3 Å². The highest BCUT2D eigenvalue weighted by molar-refractivity contribution is 5.90. The monoisotopic (exact) mass is 405 g/mol. The third kappa shape index (κ3) is 6.00. The van der Waals surface area contributed by atoms with Gasteiger partial charge in [-0.3, -0.25) is 0 Å². The van der Waals surface area contributed by atoms with Crippen LogP contribution in [0.2, 0.25) is 0 Å². The number of amides is 2. The van der Waals surface area contributed by atoms with Crippen LogP contribution in [0, 0.1) is 6.92 Å². The summed E-state index contributed by atoms with van der Waals surface area (Å²) in [7, 11) is 0. The number of benzene rings is 2. The quantitative estimate of drug-likeness (QED) is 0.611. The lowest BCUT2D eigenvalue weighted by Crippen LogP contribution is -2.31. The number of carbonyl (C=O) groups excluding carboxylic acids is 1. The van der Waals surface area contributed by atoms with Gasteiger partial charge in [0, 0.05) is 18.5 Å². The number of alkyl halides is 3. The molecule has 0 fully saturated rings. The standard InChI is InChI=1S/C20H18F3N3O3/c1-13-6-8-14(9-7-13)18-25-15(12-28-18)10-11-24-19(27)26-16-4-2-3-5-17(16)29-20(21,22)23/h2-9,12H,10-11H2,1H3,(H2,24,26,27). The third-order valence-electron chi connectivity index (χ3n) is 3.88. The van der Waals surface area contributed by atoms with Crippen molar-refractivity contribution < 1.29 is 27.1 Å². The molecule has 0 saturated heterocycles. The summed E-state index contributed by atoms with van der Waals surface area (Å²) in [6.45, 7) is 2.20. The van der Waals surface area contributed by atoms with Crippen LogP contribution in [-0.2, 0) is 6.42 Å². The summed E-state index contributed by atoms with van der Waals surface area (Å²) in [6, 6.07) is 12.3. The fourth-order valence-electron chi connectivity index (χ4n) is 2.50. The molecule has 6 nitrogen and oxygen atoms in total. The van der Waals surface area contributed by atoms with Crippen molar-refractivity contribution in [2.45, 2.75) is 19.7 Å². The van der Waals surface area contributed by atoms with Crippen molar-refractivity contribution in [1.29, 1.82) is 0 Å². The molecular weight excluding hydrogens is 387 g/mol. The molecule has 0 aliphatic rings. The summed E-state index contributed by atoms with van der Waals surface area (Å²) in [5.41, 5.74) is 2.51. The Bertz CT molecular complexity index is 969. The first-order valence-electron chi connectivity index (χ1n) is 8.71. The van der Waals surface area contributed by atoms with E-state index in [0.29, 0.717) is 18.0 Å². The number of ether oxygens (including phenoxy) is 1. The van der Waals surface area contributed by atoms with Gasteiger partial charge in [0.15, 0.2) is 5.75 Å². The smallest absolute Gasteiger partial charge is 0.444 e. The number of nitrogens with one attached hydrogen (secondary N) is 2. The molecule has 152 valence electrons. The minimum Gasteiger partial charge on any atom is -0.444 e. The Morgan fingerprint density at radius 1 is 1.14 bits per heavy atom. The van der Waals surface area contributed by atoms with Crippen molar-refractivity contribution in [3.63, 3.8) is 0 Å². The minimum absolute atomic E-state index is 0.0922. The predicted molar refractivity (Wildman–Crippen MR) is 101 cm³/mol. The maximum atomic E-state index is 12.4. The number of hydrogen-bond donors (Lipinski definition) is 2. The zero-order valence-electron chi connectivity index (χ0n) is 15.4. The average Bonchev–Trinajstić information content (AvgIpc) is 3.12. The van der Waals surface area contributed by atoms with E-state index in [2.05, 4.69) is 20.4 Å². The van der Waals surface area contributed by atoms with Crippen molar-refractivity contribution in [3.05, 3.63) is 66.1 Å². The van der Waals surface area contributed by atoms with Crippen LogP contribution in [0.25, 0.3) is 11.5 Å². The van der Waals surface area contributed by atoms with Gasteiger partial charge < -0.3 is 19.8 Å². The second kappa shape index (κ2) is 8.68. The van der Waals surface area contributed by atoms with Crippen LogP contribution < -0.4 is 15.4 Å². The van der Waals surface area contributed by atoms with Gasteiger partial charge in [0.2, 0.25) is 5.89 Å². The molecule has 0 radical (unpaired) electrons. The molecule has 0 saturated carbocycles. The number of anilines is 1. The Morgan fingerprint density at radius 2 is 1.86 bits per heavy atom. The lowest BCUT2D eigenvalue weighted by Gasteiger charge is -2.14. The third-order valence-corrected chi connectivity index (χ3v) is 3.88. The Balaban J connectivity index is 1.52. The summed E-state index contributed by atoms with van der Waals surface area (Å²) in [4.78, 5) is 16.3. The Kier molecular flexibility index (Phi) is 6.06. The lowest BCUT2D eigenvalue weighted by atomic mass is 10.1. The van der Waals surface area contributed by atoms with E-state index in [-0.39, 0.29) is 12.2 Å². The van der Waals surface area contributed by atoms with Crippen molar-refractivity contribution >= 4 is 11.7 Å². The molecule has 3 aromatic rings. The Morgan fingerprint density at radius 3 is 2.59 bits per heavy atom. The molecule has 0 aliphatic carbocycles. The van der Waals surface area contributed by atoms with Gasteiger partial charge in [-0.2, -0.15) is 0 Å². The Hall–Kier alpha value is -3.49. The number of halogens is 3. The zero-order chi connectivity index (χ0) is 20.9. The van der Waals surface area contributed by atoms with Gasteiger partial charge in [-0.1, -0.05) is 29.8 Å². The first kappa shape index (κ1) is 20.2. The number of aryl methyl sites for hydroxylation is 1. The summed E-state index contributed by atoms with van der Waals surface area (Å²) in [6.07, 6.45) is -2.96. The van der Waals surface area contributed by atoms with E-state index in [1.165, 1.54) is 24.5 Å². The molecule has 2 amide bonds. The zero-order valence-corrected chi connectivity index (χ0v) is 15.4. The number of carbonyl (C=O) groups is 1. The molecule has 1 heterocycles. The molecule has 0 aliphatic heterocycles. The lowest BCUT2D eigenvalue weighted by molar-refractivity contribution is -0.274. The van der Waals surface area contributed by atoms with Gasteiger partial charge >= 0.3 is 12.4 Å². The number of rotatable bonds is 6. The molecule has 29 heavy (non-hydrogen) atoms. The minimum atomic E-state index is -4.85. The molecule has 0 spiro atoms. The van der Waals surface area contributed by atoms with E-state index in [4.69, 9.17) is 4.42 Å². The average molecular weight is 405 g/mol. The van der Waals surface area contributed by atoms with Crippen molar-refractivity contribution in [3.8, 4) is 17.2 Å². The van der Waals surface area contributed by atoms with Crippen LogP contribution in [0.1, 0.15) is 11.3 Å². The highest BCUT2D eigenvalue weighted by Crippen LogP contribution is 2.29. The van der Waals surface area contributed by atoms with Gasteiger partial charge in [0.05, 0.1) is 11.4 Å². The topological polar surface area (TPSA) is 76.4 Å². The first-order chi connectivity index (χ1) is 13.8. The maximum Gasteiger partial charge on any atom is 0.573 e. The highest BCUT2D eigenvalue weighted by Gasteiger charge is 2.32. The Labute approximate surface area is 164 Å². The van der Waals surface area contributed by atoms with E-state index in [1.54, 1.807) is 0 Å². The first-order valence-corrected chi connectivity index (χ1v) is 8.71. The molecule has 0 atom stereocenters. The van der Waals surface area contributed by atoms with Crippen LogP contribution >= 0.6 is 0 Å². The number of aromatic nitrogens is 1. The number of urea groups is 1. The predicted octanol–water partition coefficient (Wildman–Crippen LogP) is 4.91. The molecule has 0 bridgehead atoms. The summed E-state index contributed by atoms with van der Waals surface area (Å²) >= 11 is 0. The fourth-order valence-corrected chi connectivity index (χ4v) is 2.50. The van der Waals surface area contributed by atoms with E-state index in [1.807, 2.05) is 31.2 Å². The number of nitrogens with zero attached hydrogens (tertiary/aromatic N) is 1. The number of oxazole rings is 1. The van der Waals surface area contributed by atoms with Crippen LogP contribution in [0.4, 0.5) is 23.7 Å². The van der Waals surface area contributed by atoms with Crippen LogP contribution in [0.15, 0.2) is 59.2 Å². The van der Waals surface area contributed by atoms with E-state index in [9.17, 15) is 18.0 Å². The van der Waals surface area contributed by atoms with E-state index in [0.717, 1.165) is 17.2 Å². The molecular formula is C20H18F3N3O3. The fraction of sp³-hybridized carbons (Fsp3) is 0.200. The molecule has 9 heteroatoms. The molecule has 1 aromatic heterocycles. The number of para-hydroxylation sites is 2. The van der Waals surface area contributed by atoms with Crippen LogP contribution in [0.3, 0.4) is 0 Å². The van der Waals surface area contributed by atoms with Crippen molar-refractivity contribution in [2.75, 3.05) is 11.9 Å². The molecule has 3 rings (SSSR count). The second-order valence-electron chi connectivity index (χ2n) is 6.18. The van der Waals surface area contributed by atoms with Gasteiger partial charge in [0.25, 0.3) is 0 Å². The SMILES string of the molecule is Cc1ccc(-c2nc(CCNC(=O)Nc3ccccc3OC(F)(F)F)co2)cc1. The summed E-state index contributed by atoms with van der Waals surface area (Å²) in [5.74, 6) is -0.0166. The maximum absolute atomic E-state index is 12.4. The molecule has 2 N–H and O–H groups in total. The molecule has 0 unspecified atom stereocenters. The normalized spacial score (nSPS) is 11.2. The molecule has 2 aromatic carbocycles. The highest BCUT2D eigenvalue weighted by atomic mass is 19.4. The van der Waals surface area contributed by atoms with Gasteiger partial charge in [-0.15, -0.1) is 13.2 Å². The summed E-state index contributed by atoms with van der Waals surface area (Å²) < 4.78 is 46.6. The van der Waals surface area contributed by atoms with Gasteiger partial charge in [-0.25, -0.2) is 9.78 Å². The number of hydrogen-bond acceptors (Lipinski definition) is 4. The van der Waals surface area contributed by atoms with Crippen LogP contribution in [0.5, 0.6) is 5.75 Å². The van der Waals surface area contributed by atoms with Gasteiger partial charge in [-0.05, 0) is 31.2 Å². The second-order valence-corrected chi connectivity index (χ2v) is 6.18.